The van der Waals surface area contributed by atoms with E-state index in [2.05, 4.69) is 5.32 Å². The van der Waals surface area contributed by atoms with Gasteiger partial charge in [-0.2, -0.15) is 0 Å². The van der Waals surface area contributed by atoms with Crippen LogP contribution in [0.25, 0.3) is 0 Å². The second-order valence-corrected chi connectivity index (χ2v) is 4.90. The highest BCUT2D eigenvalue weighted by Gasteiger charge is 2.34. The second-order valence-electron chi connectivity index (χ2n) is 4.90. The van der Waals surface area contributed by atoms with Gasteiger partial charge in [0.25, 0.3) is 5.69 Å². The number of benzene rings is 1. The summed E-state index contributed by atoms with van der Waals surface area (Å²) in [5.41, 5.74) is 0.328. The number of aliphatic carboxylic acids is 1. The molecule has 0 spiro atoms. The molecule has 0 bridgehead atoms. The fourth-order valence-electron chi connectivity index (χ4n) is 2.07. The molecule has 2 N–H and O–H groups in total. The van der Waals surface area contributed by atoms with Crippen molar-refractivity contribution in [2.45, 2.75) is 33.6 Å². The van der Waals surface area contributed by atoms with Crippen LogP contribution in [0.1, 0.15) is 32.3 Å². The number of carboxylic acids is 1. The molecule has 0 heterocycles. The van der Waals surface area contributed by atoms with Gasteiger partial charge in [0.1, 0.15) is 0 Å². The van der Waals surface area contributed by atoms with E-state index < -0.39 is 16.3 Å². The number of anilines is 1. The number of carboxylic acid groups (broad SMARTS) is 1. The second kappa shape index (κ2) is 6.36. The number of hydrogen-bond donors (Lipinski definition) is 2. The summed E-state index contributed by atoms with van der Waals surface area (Å²) in [6.45, 7) is 5.57. The summed E-state index contributed by atoms with van der Waals surface area (Å²) in [4.78, 5) is 21.8. The molecule has 6 nitrogen and oxygen atoms in total. The fourth-order valence-corrected chi connectivity index (χ4v) is 2.07. The largest absolute Gasteiger partial charge is 0.481 e. The van der Waals surface area contributed by atoms with Crippen molar-refractivity contribution in [1.29, 1.82) is 0 Å². The van der Waals surface area contributed by atoms with Crippen molar-refractivity contribution in [2.24, 2.45) is 5.41 Å². The molecule has 0 atom stereocenters. The molecule has 6 heteroatoms. The first-order valence-electron chi connectivity index (χ1n) is 6.58. The van der Waals surface area contributed by atoms with Gasteiger partial charge in [-0.15, -0.1) is 0 Å². The van der Waals surface area contributed by atoms with Crippen molar-refractivity contribution in [1.82, 2.24) is 0 Å². The number of nitro groups is 1. The van der Waals surface area contributed by atoms with Crippen molar-refractivity contribution in [3.63, 3.8) is 0 Å². The summed E-state index contributed by atoms with van der Waals surface area (Å²) >= 11 is 0. The summed E-state index contributed by atoms with van der Waals surface area (Å²) in [7, 11) is 0. The van der Waals surface area contributed by atoms with E-state index in [1.807, 2.05) is 13.8 Å². The van der Waals surface area contributed by atoms with Crippen LogP contribution in [0, 0.1) is 22.5 Å². The van der Waals surface area contributed by atoms with Gasteiger partial charge in [0, 0.05) is 23.9 Å². The highest BCUT2D eigenvalue weighted by Crippen LogP contribution is 2.28. The molecule has 0 fully saturated rings. The standard InChI is InChI=1S/C14H20N2O4/c1-4-14(5-2,13(17)18)9-15-11-7-6-10(3)12(8-11)16(19)20/h6-8,15H,4-5,9H2,1-3H3,(H,17,18). The maximum Gasteiger partial charge on any atom is 0.311 e. The third kappa shape index (κ3) is 3.26. The first-order chi connectivity index (χ1) is 9.36. The van der Waals surface area contributed by atoms with Gasteiger partial charge in [-0.1, -0.05) is 19.9 Å². The first kappa shape index (κ1) is 15.9. The number of nitrogens with one attached hydrogen (secondary N) is 1. The summed E-state index contributed by atoms with van der Waals surface area (Å²) in [5, 5.41) is 23.2. The molecule has 0 aliphatic carbocycles. The van der Waals surface area contributed by atoms with Gasteiger partial charge in [0.2, 0.25) is 0 Å². The molecule has 0 radical (unpaired) electrons. The molecule has 0 amide bonds. The SMILES string of the molecule is CCC(CC)(CNc1ccc(C)c([N+](=O)[O-])c1)C(=O)O. The fraction of sp³-hybridized carbons (Fsp3) is 0.500. The van der Waals surface area contributed by atoms with Gasteiger partial charge < -0.3 is 10.4 Å². The number of nitro benzene ring substituents is 1. The van der Waals surface area contributed by atoms with E-state index in [0.29, 0.717) is 24.1 Å². The minimum absolute atomic E-state index is 0.0314. The topological polar surface area (TPSA) is 92.5 Å². The Kier molecular flexibility index (Phi) is 5.07. The van der Waals surface area contributed by atoms with Crippen molar-refractivity contribution >= 4 is 17.3 Å². The number of hydrogen-bond acceptors (Lipinski definition) is 4. The van der Waals surface area contributed by atoms with Crippen LogP contribution in [0.5, 0.6) is 0 Å². The normalized spacial score (nSPS) is 11.2. The molecule has 0 aromatic heterocycles. The number of aryl methyl sites for hydroxylation is 1. The molecule has 110 valence electrons. The Balaban J connectivity index is 2.92. The Hall–Kier alpha value is -2.11. The van der Waals surface area contributed by atoms with Gasteiger partial charge in [-0.3, -0.25) is 14.9 Å². The Morgan fingerprint density at radius 3 is 2.45 bits per heavy atom. The molecule has 0 aliphatic rings. The molecular weight excluding hydrogens is 260 g/mol. The predicted octanol–water partition coefficient (Wildman–Crippen LogP) is 3.21. The molecule has 1 aromatic carbocycles. The molecule has 0 aliphatic heterocycles. The van der Waals surface area contributed by atoms with Crippen molar-refractivity contribution in [2.75, 3.05) is 11.9 Å². The number of nitrogens with zero attached hydrogens (tertiary/aromatic N) is 1. The molecule has 0 unspecified atom stereocenters. The highest BCUT2D eigenvalue weighted by atomic mass is 16.6. The van der Waals surface area contributed by atoms with Crippen LogP contribution in [0.4, 0.5) is 11.4 Å². The quantitative estimate of drug-likeness (QED) is 0.591. The van der Waals surface area contributed by atoms with Gasteiger partial charge in [-0.25, -0.2) is 0 Å². The minimum Gasteiger partial charge on any atom is -0.481 e. The number of rotatable bonds is 7. The van der Waals surface area contributed by atoms with Crippen molar-refractivity contribution in [3.05, 3.63) is 33.9 Å². The van der Waals surface area contributed by atoms with Crippen molar-refractivity contribution in [3.8, 4) is 0 Å². The monoisotopic (exact) mass is 280 g/mol. The summed E-state index contributed by atoms with van der Waals surface area (Å²) in [6.07, 6.45) is 1.000. The predicted molar refractivity (Wildman–Crippen MR) is 77.0 cm³/mol. The smallest absolute Gasteiger partial charge is 0.311 e. The van der Waals surface area contributed by atoms with E-state index in [0.717, 1.165) is 0 Å². The lowest BCUT2D eigenvalue weighted by Crippen LogP contribution is -2.36. The minimum atomic E-state index is -0.850. The maximum absolute atomic E-state index is 11.4. The molecular formula is C14H20N2O4. The van der Waals surface area contributed by atoms with Crippen molar-refractivity contribution < 1.29 is 14.8 Å². The maximum atomic E-state index is 11.4. The summed E-state index contributed by atoms with van der Waals surface area (Å²) in [5.74, 6) is -0.850. The molecule has 0 saturated carbocycles. The Bertz CT molecular complexity index is 510. The van der Waals surface area contributed by atoms with Crippen LogP contribution in [0.15, 0.2) is 18.2 Å². The number of carbonyl (C=O) groups is 1. The van der Waals surface area contributed by atoms with Crippen LogP contribution >= 0.6 is 0 Å². The average molecular weight is 280 g/mol. The van der Waals surface area contributed by atoms with E-state index in [4.69, 9.17) is 0 Å². The third-order valence-electron chi connectivity index (χ3n) is 3.84. The van der Waals surface area contributed by atoms with E-state index >= 15 is 0 Å². The lowest BCUT2D eigenvalue weighted by Gasteiger charge is -2.27. The van der Waals surface area contributed by atoms with Crippen LogP contribution in [0.2, 0.25) is 0 Å². The van der Waals surface area contributed by atoms with Crippen LogP contribution in [0.3, 0.4) is 0 Å². The van der Waals surface area contributed by atoms with E-state index in [1.54, 1.807) is 19.1 Å². The molecule has 0 saturated heterocycles. The van der Waals surface area contributed by atoms with Gasteiger partial charge in [-0.05, 0) is 25.8 Å². The van der Waals surface area contributed by atoms with E-state index in [1.165, 1.54) is 6.07 Å². The molecule has 1 aromatic rings. The van der Waals surface area contributed by atoms with Gasteiger partial charge >= 0.3 is 5.97 Å². The first-order valence-corrected chi connectivity index (χ1v) is 6.58. The summed E-state index contributed by atoms with van der Waals surface area (Å²) < 4.78 is 0. The Morgan fingerprint density at radius 2 is 2.00 bits per heavy atom. The van der Waals surface area contributed by atoms with Gasteiger partial charge in [0.15, 0.2) is 0 Å². The van der Waals surface area contributed by atoms with Crippen LogP contribution in [-0.2, 0) is 4.79 Å². The Morgan fingerprint density at radius 1 is 1.40 bits per heavy atom. The van der Waals surface area contributed by atoms with Gasteiger partial charge in [0.05, 0.1) is 10.3 Å². The van der Waals surface area contributed by atoms with Crippen LogP contribution in [-0.4, -0.2) is 22.5 Å². The lowest BCUT2D eigenvalue weighted by molar-refractivity contribution is -0.385. The van der Waals surface area contributed by atoms with Crippen LogP contribution < -0.4 is 5.32 Å². The zero-order valence-corrected chi connectivity index (χ0v) is 12.0. The molecule has 1 rings (SSSR count). The lowest BCUT2D eigenvalue weighted by atomic mass is 9.82. The average Bonchev–Trinajstić information content (AvgIpc) is 2.41. The Labute approximate surface area is 118 Å². The third-order valence-corrected chi connectivity index (χ3v) is 3.84. The zero-order chi connectivity index (χ0) is 15.3. The van der Waals surface area contributed by atoms with E-state index in [9.17, 15) is 20.0 Å². The molecule has 20 heavy (non-hydrogen) atoms. The van der Waals surface area contributed by atoms with E-state index in [-0.39, 0.29) is 12.2 Å². The zero-order valence-electron chi connectivity index (χ0n) is 12.0. The summed E-state index contributed by atoms with van der Waals surface area (Å²) in [6, 6.07) is 4.81. The highest BCUT2D eigenvalue weighted by molar-refractivity contribution is 5.75.